The maximum atomic E-state index is 12.3. The molecule has 0 saturated carbocycles. The van der Waals surface area contributed by atoms with Gasteiger partial charge in [0.15, 0.2) is 0 Å². The van der Waals surface area contributed by atoms with Crippen molar-refractivity contribution >= 4 is 17.8 Å². The lowest BCUT2D eigenvalue weighted by molar-refractivity contribution is -0.149. The molecule has 1 atom stereocenters. The number of benzene rings is 2. The number of rotatable bonds is 6. The van der Waals surface area contributed by atoms with Crippen LogP contribution in [-0.4, -0.2) is 29.2 Å². The normalized spacial score (nSPS) is 16.5. The van der Waals surface area contributed by atoms with Gasteiger partial charge in [0.25, 0.3) is 0 Å². The molecule has 2 N–H and O–H groups in total. The molecule has 2 aromatic rings. The molecule has 134 valence electrons. The highest BCUT2D eigenvalue weighted by atomic mass is 16.5. The molecule has 3 rings (SSSR count). The molecule has 0 aliphatic carbocycles. The summed E-state index contributed by atoms with van der Waals surface area (Å²) in [5, 5.41) is 0. The number of amides is 2. The van der Waals surface area contributed by atoms with Crippen molar-refractivity contribution in [3.63, 3.8) is 0 Å². The number of nitrogens with zero attached hydrogens (tertiary/aromatic N) is 1. The lowest BCUT2D eigenvalue weighted by Crippen LogP contribution is -2.26. The van der Waals surface area contributed by atoms with E-state index in [1.807, 2.05) is 30.3 Å². The highest BCUT2D eigenvalue weighted by molar-refractivity contribution is 5.92. The van der Waals surface area contributed by atoms with Crippen LogP contribution < -0.4 is 5.73 Å². The van der Waals surface area contributed by atoms with Gasteiger partial charge in [-0.15, -0.1) is 0 Å². The monoisotopic (exact) mass is 352 g/mol. The summed E-state index contributed by atoms with van der Waals surface area (Å²) in [6, 6.07) is 16.2. The summed E-state index contributed by atoms with van der Waals surface area (Å²) in [4.78, 5) is 37.1. The summed E-state index contributed by atoms with van der Waals surface area (Å²) < 4.78 is 5.33. The quantitative estimate of drug-likeness (QED) is 0.804. The summed E-state index contributed by atoms with van der Waals surface area (Å²) in [7, 11) is 0. The molecule has 6 nitrogen and oxygen atoms in total. The second kappa shape index (κ2) is 7.82. The molecule has 0 bridgehead atoms. The van der Waals surface area contributed by atoms with Crippen molar-refractivity contribution in [2.75, 3.05) is 6.54 Å². The molecule has 1 saturated heterocycles. The average Bonchev–Trinajstić information content (AvgIpc) is 3.01. The first-order chi connectivity index (χ1) is 12.5. The predicted octanol–water partition coefficient (Wildman–Crippen LogP) is 1.88. The Hall–Kier alpha value is -3.15. The zero-order chi connectivity index (χ0) is 18.5. The Morgan fingerprint density at radius 1 is 1.04 bits per heavy atom. The van der Waals surface area contributed by atoms with Crippen molar-refractivity contribution < 1.29 is 19.1 Å². The van der Waals surface area contributed by atoms with Gasteiger partial charge in [0, 0.05) is 25.1 Å². The molecule has 0 unspecified atom stereocenters. The van der Waals surface area contributed by atoms with E-state index in [-0.39, 0.29) is 24.9 Å². The fraction of sp³-hybridized carbons (Fsp3) is 0.250. The molecule has 1 fully saturated rings. The Balaban J connectivity index is 1.52. The van der Waals surface area contributed by atoms with E-state index in [0.29, 0.717) is 18.7 Å². The minimum absolute atomic E-state index is 0.0402. The van der Waals surface area contributed by atoms with Crippen LogP contribution in [-0.2, 0) is 27.5 Å². The third-order valence-electron chi connectivity index (χ3n) is 4.38. The Morgan fingerprint density at radius 2 is 1.73 bits per heavy atom. The molecule has 2 amide bonds. The molecular weight excluding hydrogens is 332 g/mol. The SMILES string of the molecule is NC(=O)c1ccc(COC(=O)[C@@H]2CC(=O)N(Cc3ccccc3)C2)cc1. The fourth-order valence-corrected chi connectivity index (χ4v) is 2.92. The van der Waals surface area contributed by atoms with Gasteiger partial charge >= 0.3 is 5.97 Å². The smallest absolute Gasteiger partial charge is 0.311 e. The Bertz CT molecular complexity index is 802. The van der Waals surface area contributed by atoms with Gasteiger partial charge in [0.05, 0.1) is 5.92 Å². The summed E-state index contributed by atoms with van der Waals surface area (Å²) >= 11 is 0. The lowest BCUT2D eigenvalue weighted by Gasteiger charge is -2.16. The first kappa shape index (κ1) is 17.7. The number of carbonyl (C=O) groups excluding carboxylic acids is 3. The number of nitrogens with two attached hydrogens (primary N) is 1. The van der Waals surface area contributed by atoms with E-state index in [2.05, 4.69) is 0 Å². The molecule has 0 spiro atoms. The number of carbonyl (C=O) groups is 3. The molecule has 1 aliphatic heterocycles. The van der Waals surface area contributed by atoms with Gasteiger partial charge < -0.3 is 15.4 Å². The van der Waals surface area contributed by atoms with Crippen molar-refractivity contribution in [3.05, 3.63) is 71.3 Å². The standard InChI is InChI=1S/C20H20N2O4/c21-19(24)16-8-6-15(7-9-16)13-26-20(25)17-10-18(23)22(12-17)11-14-4-2-1-3-5-14/h1-9,17H,10-13H2,(H2,21,24)/t17-/m1/s1. The van der Waals surface area contributed by atoms with E-state index in [0.717, 1.165) is 11.1 Å². The number of hydrogen-bond acceptors (Lipinski definition) is 4. The van der Waals surface area contributed by atoms with Crippen LogP contribution in [0.4, 0.5) is 0 Å². The van der Waals surface area contributed by atoms with Gasteiger partial charge in [-0.2, -0.15) is 0 Å². The Morgan fingerprint density at radius 3 is 2.38 bits per heavy atom. The molecule has 0 radical (unpaired) electrons. The summed E-state index contributed by atoms with van der Waals surface area (Å²) in [6.07, 6.45) is 0.173. The summed E-state index contributed by atoms with van der Waals surface area (Å²) in [5.41, 5.74) is 7.38. The maximum absolute atomic E-state index is 12.3. The molecule has 6 heteroatoms. The van der Waals surface area contributed by atoms with Crippen LogP contribution in [0.3, 0.4) is 0 Å². The number of primary amides is 1. The van der Waals surface area contributed by atoms with E-state index < -0.39 is 11.8 Å². The van der Waals surface area contributed by atoms with Crippen molar-refractivity contribution in [2.45, 2.75) is 19.6 Å². The van der Waals surface area contributed by atoms with Crippen LogP contribution in [0.25, 0.3) is 0 Å². The fourth-order valence-electron chi connectivity index (χ4n) is 2.92. The van der Waals surface area contributed by atoms with E-state index in [9.17, 15) is 14.4 Å². The highest BCUT2D eigenvalue weighted by Crippen LogP contribution is 2.22. The van der Waals surface area contributed by atoms with Gasteiger partial charge in [-0.05, 0) is 23.3 Å². The zero-order valence-electron chi connectivity index (χ0n) is 14.3. The van der Waals surface area contributed by atoms with E-state index in [1.165, 1.54) is 0 Å². The largest absolute Gasteiger partial charge is 0.461 e. The number of likely N-dealkylation sites (tertiary alicyclic amines) is 1. The van der Waals surface area contributed by atoms with Crippen LogP contribution in [0.15, 0.2) is 54.6 Å². The second-order valence-electron chi connectivity index (χ2n) is 6.33. The average molecular weight is 352 g/mol. The highest BCUT2D eigenvalue weighted by Gasteiger charge is 2.35. The van der Waals surface area contributed by atoms with Crippen LogP contribution in [0.2, 0.25) is 0 Å². The van der Waals surface area contributed by atoms with Gasteiger partial charge in [-0.3, -0.25) is 14.4 Å². The molecule has 26 heavy (non-hydrogen) atoms. The second-order valence-corrected chi connectivity index (χ2v) is 6.33. The molecule has 1 aliphatic rings. The molecule has 1 heterocycles. The van der Waals surface area contributed by atoms with Crippen LogP contribution in [0, 0.1) is 5.92 Å². The Labute approximate surface area is 151 Å². The van der Waals surface area contributed by atoms with Crippen LogP contribution >= 0.6 is 0 Å². The van der Waals surface area contributed by atoms with Gasteiger partial charge in [-0.1, -0.05) is 42.5 Å². The molecule has 0 aromatic heterocycles. The lowest BCUT2D eigenvalue weighted by atomic mass is 10.1. The zero-order valence-corrected chi connectivity index (χ0v) is 14.3. The minimum Gasteiger partial charge on any atom is -0.461 e. The number of esters is 1. The third kappa shape index (κ3) is 4.27. The maximum Gasteiger partial charge on any atom is 0.311 e. The number of ether oxygens (including phenoxy) is 1. The van der Waals surface area contributed by atoms with Crippen LogP contribution in [0.1, 0.15) is 27.9 Å². The molecule has 2 aromatic carbocycles. The topological polar surface area (TPSA) is 89.7 Å². The van der Waals surface area contributed by atoms with Gasteiger partial charge in [0.2, 0.25) is 11.8 Å². The van der Waals surface area contributed by atoms with E-state index in [4.69, 9.17) is 10.5 Å². The first-order valence-corrected chi connectivity index (χ1v) is 8.40. The van der Waals surface area contributed by atoms with Crippen molar-refractivity contribution in [1.82, 2.24) is 4.90 Å². The van der Waals surface area contributed by atoms with Crippen LogP contribution in [0.5, 0.6) is 0 Å². The van der Waals surface area contributed by atoms with Crippen molar-refractivity contribution in [2.24, 2.45) is 11.7 Å². The first-order valence-electron chi connectivity index (χ1n) is 8.40. The van der Waals surface area contributed by atoms with E-state index >= 15 is 0 Å². The predicted molar refractivity (Wildman–Crippen MR) is 94.7 cm³/mol. The third-order valence-corrected chi connectivity index (χ3v) is 4.38. The number of hydrogen-bond donors (Lipinski definition) is 1. The van der Waals surface area contributed by atoms with Crippen molar-refractivity contribution in [1.29, 1.82) is 0 Å². The Kier molecular flexibility index (Phi) is 5.31. The molecular formula is C20H20N2O4. The minimum atomic E-state index is -0.503. The summed E-state index contributed by atoms with van der Waals surface area (Å²) in [6.45, 7) is 0.965. The van der Waals surface area contributed by atoms with Crippen molar-refractivity contribution in [3.8, 4) is 0 Å². The van der Waals surface area contributed by atoms with Gasteiger partial charge in [0.1, 0.15) is 6.61 Å². The van der Waals surface area contributed by atoms with Gasteiger partial charge in [-0.25, -0.2) is 0 Å². The summed E-state index contributed by atoms with van der Waals surface area (Å²) in [5.74, 6) is -1.37. The van der Waals surface area contributed by atoms with E-state index in [1.54, 1.807) is 29.2 Å².